The summed E-state index contributed by atoms with van der Waals surface area (Å²) < 4.78 is 3.86. The molecule has 1 fully saturated rings. The summed E-state index contributed by atoms with van der Waals surface area (Å²) in [4.78, 5) is 27.6. The van der Waals surface area contributed by atoms with E-state index in [4.69, 9.17) is 0 Å². The van der Waals surface area contributed by atoms with Crippen LogP contribution in [0.2, 0.25) is 0 Å². The predicted molar refractivity (Wildman–Crippen MR) is 134 cm³/mol. The fourth-order valence-electron chi connectivity index (χ4n) is 4.60. The molecule has 0 aliphatic carbocycles. The summed E-state index contributed by atoms with van der Waals surface area (Å²) in [6.07, 6.45) is 2.97. The predicted octanol–water partition coefficient (Wildman–Crippen LogP) is 3.91. The molecule has 2 aromatic carbocycles. The van der Waals surface area contributed by atoms with Crippen LogP contribution in [0.3, 0.4) is 0 Å². The number of carbonyl (C=O) groups is 2. The molecule has 1 aliphatic heterocycles. The molecule has 2 amide bonds. The van der Waals surface area contributed by atoms with Crippen molar-refractivity contribution in [2.75, 3.05) is 24.2 Å². The van der Waals surface area contributed by atoms with Gasteiger partial charge < -0.3 is 10.2 Å². The molecule has 0 spiro atoms. The Bertz CT molecular complexity index is 1370. The molecule has 4 aromatic rings. The topological polar surface area (TPSA) is 84.5 Å². The second kappa shape index (κ2) is 9.50. The van der Waals surface area contributed by atoms with Crippen molar-refractivity contribution in [2.24, 2.45) is 0 Å². The van der Waals surface area contributed by atoms with E-state index in [0.29, 0.717) is 10.9 Å². The first-order valence-electron chi connectivity index (χ1n) is 11.7. The lowest BCUT2D eigenvalue weighted by atomic mass is 10.1. The van der Waals surface area contributed by atoms with Crippen molar-refractivity contribution in [1.29, 1.82) is 0 Å². The summed E-state index contributed by atoms with van der Waals surface area (Å²) in [7, 11) is 0. The number of carbonyl (C=O) groups excluding carboxylic acids is 2. The lowest BCUT2D eigenvalue weighted by Crippen LogP contribution is -2.31. The minimum atomic E-state index is -0.0845. The van der Waals surface area contributed by atoms with Gasteiger partial charge in [-0.15, -0.1) is 10.2 Å². The zero-order valence-corrected chi connectivity index (χ0v) is 20.3. The molecular formula is C25H28N6O2S. The number of aromatic nitrogens is 4. The van der Waals surface area contributed by atoms with E-state index in [2.05, 4.69) is 22.4 Å². The van der Waals surface area contributed by atoms with Crippen molar-refractivity contribution in [3.8, 4) is 0 Å². The molecule has 0 unspecified atom stereocenters. The van der Waals surface area contributed by atoms with Crippen molar-refractivity contribution >= 4 is 46.1 Å². The van der Waals surface area contributed by atoms with E-state index in [1.807, 2.05) is 63.3 Å². The molecule has 1 saturated heterocycles. The zero-order valence-electron chi connectivity index (χ0n) is 19.5. The number of aryl methyl sites for hydroxylation is 2. The number of likely N-dealkylation sites (tertiary alicyclic amines) is 1. The maximum atomic E-state index is 12.9. The minimum absolute atomic E-state index is 0.0845. The van der Waals surface area contributed by atoms with E-state index >= 15 is 0 Å². The fourth-order valence-corrected chi connectivity index (χ4v) is 5.34. The van der Waals surface area contributed by atoms with E-state index in [1.165, 1.54) is 11.8 Å². The SMILES string of the molecule is CCc1cccc(C)c1NC(=O)CSc1nnc2n(CC(=O)N3CCCC3)c3ccccc3n12. The first kappa shape index (κ1) is 22.5. The molecule has 0 radical (unpaired) electrons. The van der Waals surface area contributed by atoms with Crippen LogP contribution < -0.4 is 5.32 Å². The van der Waals surface area contributed by atoms with Gasteiger partial charge in [0.05, 0.1) is 16.8 Å². The largest absolute Gasteiger partial charge is 0.341 e. The lowest BCUT2D eigenvalue weighted by molar-refractivity contribution is -0.130. The van der Waals surface area contributed by atoms with Gasteiger partial charge in [0, 0.05) is 18.8 Å². The number of imidazole rings is 1. The smallest absolute Gasteiger partial charge is 0.242 e. The van der Waals surface area contributed by atoms with Gasteiger partial charge in [0.25, 0.3) is 0 Å². The standard InChI is InChI=1S/C25H28N6O2S/c1-3-18-10-8-9-17(2)23(18)26-21(32)16-34-25-28-27-24-30(15-22(33)29-13-6-7-14-29)19-11-4-5-12-20(19)31(24)25/h4-5,8-12H,3,6-7,13-16H2,1-2H3,(H,26,32). The Labute approximate surface area is 202 Å². The van der Waals surface area contributed by atoms with Gasteiger partial charge in [0.2, 0.25) is 17.6 Å². The molecule has 2 aromatic heterocycles. The van der Waals surface area contributed by atoms with Crippen LogP contribution in [0.25, 0.3) is 16.8 Å². The fraction of sp³-hybridized carbons (Fsp3) is 0.360. The minimum Gasteiger partial charge on any atom is -0.341 e. The van der Waals surface area contributed by atoms with Crippen molar-refractivity contribution < 1.29 is 9.59 Å². The van der Waals surface area contributed by atoms with Crippen molar-refractivity contribution in [2.45, 2.75) is 44.8 Å². The molecule has 176 valence electrons. The van der Waals surface area contributed by atoms with Crippen LogP contribution in [0.4, 0.5) is 5.69 Å². The van der Waals surface area contributed by atoms with Gasteiger partial charge in [0.1, 0.15) is 6.54 Å². The normalized spacial score (nSPS) is 13.8. The first-order valence-corrected chi connectivity index (χ1v) is 12.7. The number of fused-ring (bicyclic) bond motifs is 3. The number of hydrogen-bond donors (Lipinski definition) is 1. The van der Waals surface area contributed by atoms with E-state index in [9.17, 15) is 9.59 Å². The third kappa shape index (κ3) is 4.16. The maximum Gasteiger partial charge on any atom is 0.242 e. The Morgan fingerprint density at radius 2 is 1.79 bits per heavy atom. The molecular weight excluding hydrogens is 448 g/mol. The van der Waals surface area contributed by atoms with Crippen LogP contribution in [-0.2, 0) is 22.6 Å². The number of thioether (sulfide) groups is 1. The van der Waals surface area contributed by atoms with Crippen LogP contribution in [0, 0.1) is 6.92 Å². The molecule has 5 rings (SSSR count). The third-order valence-corrected chi connectivity index (χ3v) is 7.29. The van der Waals surface area contributed by atoms with Gasteiger partial charge in [-0.25, -0.2) is 0 Å². The molecule has 3 heterocycles. The van der Waals surface area contributed by atoms with Gasteiger partial charge >= 0.3 is 0 Å². The average Bonchev–Trinajstić information content (AvgIpc) is 3.58. The van der Waals surface area contributed by atoms with Crippen LogP contribution >= 0.6 is 11.8 Å². The van der Waals surface area contributed by atoms with E-state index in [1.54, 1.807) is 0 Å². The Morgan fingerprint density at radius 3 is 2.56 bits per heavy atom. The number of hydrogen-bond acceptors (Lipinski definition) is 5. The molecule has 0 saturated carbocycles. The highest BCUT2D eigenvalue weighted by molar-refractivity contribution is 7.99. The lowest BCUT2D eigenvalue weighted by Gasteiger charge is -2.15. The summed E-state index contributed by atoms with van der Waals surface area (Å²) in [5, 5.41) is 12.4. The van der Waals surface area contributed by atoms with Crippen molar-refractivity contribution in [3.05, 3.63) is 53.6 Å². The summed E-state index contributed by atoms with van der Waals surface area (Å²) in [5.74, 6) is 0.842. The van der Waals surface area contributed by atoms with E-state index < -0.39 is 0 Å². The Balaban J connectivity index is 1.39. The second-order valence-corrected chi connectivity index (χ2v) is 9.52. The van der Waals surface area contributed by atoms with Crippen LogP contribution in [0.5, 0.6) is 0 Å². The number of nitrogens with one attached hydrogen (secondary N) is 1. The van der Waals surface area contributed by atoms with Gasteiger partial charge in [-0.2, -0.15) is 0 Å². The monoisotopic (exact) mass is 476 g/mol. The highest BCUT2D eigenvalue weighted by Crippen LogP contribution is 2.27. The third-order valence-electron chi connectivity index (χ3n) is 6.36. The number of amides is 2. The Hall–Kier alpha value is -3.33. The Kier molecular flexibility index (Phi) is 6.28. The van der Waals surface area contributed by atoms with Crippen LogP contribution in [-0.4, -0.2) is 54.7 Å². The number of benzene rings is 2. The highest BCUT2D eigenvalue weighted by atomic mass is 32.2. The molecule has 1 aliphatic rings. The number of para-hydroxylation sites is 3. The quantitative estimate of drug-likeness (QED) is 0.409. The molecule has 9 heteroatoms. The number of anilines is 1. The van der Waals surface area contributed by atoms with E-state index in [0.717, 1.165) is 60.2 Å². The summed E-state index contributed by atoms with van der Waals surface area (Å²) in [6.45, 7) is 5.95. The van der Waals surface area contributed by atoms with Crippen molar-refractivity contribution in [3.63, 3.8) is 0 Å². The van der Waals surface area contributed by atoms with E-state index in [-0.39, 0.29) is 24.1 Å². The van der Waals surface area contributed by atoms with Gasteiger partial charge in [-0.1, -0.05) is 49.0 Å². The van der Waals surface area contributed by atoms with Gasteiger partial charge in [0.15, 0.2) is 5.16 Å². The summed E-state index contributed by atoms with van der Waals surface area (Å²) >= 11 is 1.34. The first-order chi connectivity index (χ1) is 16.6. The molecule has 34 heavy (non-hydrogen) atoms. The van der Waals surface area contributed by atoms with Gasteiger partial charge in [-0.3, -0.25) is 18.6 Å². The van der Waals surface area contributed by atoms with Gasteiger partial charge in [-0.05, 0) is 49.4 Å². The molecule has 0 atom stereocenters. The molecule has 0 bridgehead atoms. The number of rotatable bonds is 7. The summed E-state index contributed by atoms with van der Waals surface area (Å²) in [6, 6.07) is 14.0. The van der Waals surface area contributed by atoms with Crippen LogP contribution in [0.1, 0.15) is 30.9 Å². The molecule has 8 nitrogen and oxygen atoms in total. The maximum absolute atomic E-state index is 12.9. The Morgan fingerprint density at radius 1 is 1.03 bits per heavy atom. The summed E-state index contributed by atoms with van der Waals surface area (Å²) in [5.41, 5.74) is 4.91. The second-order valence-electron chi connectivity index (χ2n) is 8.58. The highest BCUT2D eigenvalue weighted by Gasteiger charge is 2.23. The molecule has 1 N–H and O–H groups in total. The average molecular weight is 477 g/mol. The number of nitrogens with zero attached hydrogens (tertiary/aromatic N) is 5. The zero-order chi connectivity index (χ0) is 23.7. The van der Waals surface area contributed by atoms with Crippen LogP contribution in [0.15, 0.2) is 47.6 Å². The van der Waals surface area contributed by atoms with Crippen molar-refractivity contribution in [1.82, 2.24) is 24.1 Å².